The fourth-order valence-corrected chi connectivity index (χ4v) is 3.17. The molecule has 0 spiro atoms. The molecule has 0 aliphatic rings. The maximum Gasteiger partial charge on any atom is 0.176 e. The van der Waals surface area contributed by atoms with Crippen molar-refractivity contribution < 1.29 is 16.8 Å². The standard InChI is InChI=1S/C9H11BrN2O4S2/c1-17(13,14)4-3-11-9-5-8(18(2,15)16)7(10)6-12-9/h3-6H,1-2H3,(H,11,12). The lowest BCUT2D eigenvalue weighted by Gasteiger charge is -2.04. The molecule has 1 N–H and O–H groups in total. The van der Waals surface area contributed by atoms with Crippen molar-refractivity contribution in [2.45, 2.75) is 4.90 Å². The Labute approximate surface area is 114 Å². The largest absolute Gasteiger partial charge is 0.346 e. The summed E-state index contributed by atoms with van der Waals surface area (Å²) in [5.74, 6) is 0.235. The predicted molar refractivity (Wildman–Crippen MR) is 72.7 cm³/mol. The molecule has 0 unspecified atom stereocenters. The smallest absolute Gasteiger partial charge is 0.176 e. The Bertz CT molecular complexity index is 681. The first-order chi connectivity index (χ1) is 8.09. The summed E-state index contributed by atoms with van der Waals surface area (Å²) in [6.07, 6.45) is 4.62. The first-order valence-corrected chi connectivity index (χ1v) is 9.22. The van der Waals surface area contributed by atoms with Crippen molar-refractivity contribution in [3.63, 3.8) is 0 Å². The number of rotatable bonds is 4. The van der Waals surface area contributed by atoms with Crippen molar-refractivity contribution in [2.75, 3.05) is 17.8 Å². The molecule has 0 atom stereocenters. The van der Waals surface area contributed by atoms with Crippen molar-refractivity contribution in [1.29, 1.82) is 0 Å². The number of aromatic nitrogens is 1. The van der Waals surface area contributed by atoms with Gasteiger partial charge in [-0.15, -0.1) is 0 Å². The fraction of sp³-hybridized carbons (Fsp3) is 0.222. The highest BCUT2D eigenvalue weighted by atomic mass is 79.9. The normalized spacial score (nSPS) is 12.8. The first kappa shape index (κ1) is 15.1. The number of pyridine rings is 1. The van der Waals surface area contributed by atoms with Crippen molar-refractivity contribution in [3.8, 4) is 0 Å². The van der Waals surface area contributed by atoms with Crippen molar-refractivity contribution in [1.82, 2.24) is 4.98 Å². The number of hydrogen-bond donors (Lipinski definition) is 1. The lowest BCUT2D eigenvalue weighted by atomic mass is 10.4. The van der Waals surface area contributed by atoms with E-state index in [9.17, 15) is 16.8 Å². The summed E-state index contributed by atoms with van der Waals surface area (Å²) in [5, 5.41) is 3.54. The van der Waals surface area contributed by atoms with Crippen LogP contribution in [0.1, 0.15) is 0 Å². The van der Waals surface area contributed by atoms with E-state index in [1.165, 1.54) is 18.5 Å². The SMILES string of the molecule is CS(=O)(=O)C=CNc1cc(S(C)(=O)=O)c(Br)cn1. The Morgan fingerprint density at radius 3 is 2.39 bits per heavy atom. The summed E-state index contributed by atoms with van der Waals surface area (Å²) in [4.78, 5) is 3.98. The average Bonchev–Trinajstić information content (AvgIpc) is 2.17. The molecule has 0 saturated carbocycles. The first-order valence-electron chi connectivity index (χ1n) is 4.58. The van der Waals surface area contributed by atoms with Crippen molar-refractivity contribution in [3.05, 3.63) is 28.3 Å². The van der Waals surface area contributed by atoms with Crippen LogP contribution in [0.5, 0.6) is 0 Å². The summed E-state index contributed by atoms with van der Waals surface area (Å²) in [6, 6.07) is 1.31. The Hall–Kier alpha value is -0.930. The summed E-state index contributed by atoms with van der Waals surface area (Å²) >= 11 is 3.08. The quantitative estimate of drug-likeness (QED) is 0.872. The minimum Gasteiger partial charge on any atom is -0.346 e. The van der Waals surface area contributed by atoms with E-state index in [1.54, 1.807) is 0 Å². The third-order valence-corrected chi connectivity index (χ3v) is 4.43. The van der Waals surface area contributed by atoms with Crippen LogP contribution in [0.3, 0.4) is 0 Å². The van der Waals surface area contributed by atoms with Gasteiger partial charge in [0.1, 0.15) is 5.82 Å². The van der Waals surface area contributed by atoms with Crippen LogP contribution < -0.4 is 5.32 Å². The molecule has 0 radical (unpaired) electrons. The number of nitrogens with one attached hydrogen (secondary N) is 1. The third-order valence-electron chi connectivity index (χ3n) is 1.77. The van der Waals surface area contributed by atoms with E-state index >= 15 is 0 Å². The fourth-order valence-electron chi connectivity index (χ4n) is 1.03. The average molecular weight is 355 g/mol. The molecular formula is C9H11BrN2O4S2. The van der Waals surface area contributed by atoms with Crippen LogP contribution >= 0.6 is 15.9 Å². The van der Waals surface area contributed by atoms with E-state index in [1.807, 2.05) is 0 Å². The Morgan fingerprint density at radius 2 is 1.89 bits per heavy atom. The third kappa shape index (κ3) is 4.75. The van der Waals surface area contributed by atoms with Crippen LogP contribution in [0, 0.1) is 0 Å². The Balaban J connectivity index is 3.04. The molecule has 9 heteroatoms. The molecule has 6 nitrogen and oxygen atoms in total. The molecule has 1 rings (SSSR count). The molecule has 1 aromatic heterocycles. The van der Waals surface area contributed by atoms with Gasteiger partial charge in [-0.3, -0.25) is 0 Å². The second kappa shape index (κ2) is 5.37. The number of hydrogen-bond acceptors (Lipinski definition) is 6. The van der Waals surface area contributed by atoms with Gasteiger partial charge in [0.25, 0.3) is 0 Å². The summed E-state index contributed by atoms with van der Waals surface area (Å²) < 4.78 is 44.9. The van der Waals surface area contributed by atoms with Gasteiger partial charge < -0.3 is 5.32 Å². The molecule has 0 bridgehead atoms. The molecule has 0 aliphatic carbocycles. The highest BCUT2D eigenvalue weighted by Crippen LogP contribution is 2.23. The zero-order valence-corrected chi connectivity index (χ0v) is 12.8. The summed E-state index contributed by atoms with van der Waals surface area (Å²) in [7, 11) is -6.62. The zero-order chi connectivity index (χ0) is 14.0. The lowest BCUT2D eigenvalue weighted by Crippen LogP contribution is -2.01. The molecule has 100 valence electrons. The maximum atomic E-state index is 11.4. The minimum atomic E-state index is -3.38. The van der Waals surface area contributed by atoms with Crippen LogP contribution in [-0.2, 0) is 19.7 Å². The van der Waals surface area contributed by atoms with Crippen molar-refractivity contribution in [2.24, 2.45) is 0 Å². The van der Waals surface area contributed by atoms with Crippen LogP contribution in [0.4, 0.5) is 5.82 Å². The minimum absolute atomic E-state index is 0.0766. The van der Waals surface area contributed by atoms with E-state index in [4.69, 9.17) is 0 Å². The summed E-state index contributed by atoms with van der Waals surface area (Å²) in [5.41, 5.74) is 0. The molecule has 0 aliphatic heterocycles. The van der Waals surface area contributed by atoms with Crippen LogP contribution in [0.15, 0.2) is 33.2 Å². The van der Waals surface area contributed by atoms with Crippen LogP contribution in [0.2, 0.25) is 0 Å². The topological polar surface area (TPSA) is 93.2 Å². The monoisotopic (exact) mass is 354 g/mol. The lowest BCUT2D eigenvalue weighted by molar-refractivity contribution is 0.601. The molecule has 0 amide bonds. The Kier molecular flexibility index (Phi) is 4.51. The summed E-state index contributed by atoms with van der Waals surface area (Å²) in [6.45, 7) is 0. The van der Waals surface area contributed by atoms with Gasteiger partial charge in [0, 0.05) is 36.4 Å². The molecular weight excluding hydrogens is 344 g/mol. The van der Waals surface area contributed by atoms with Gasteiger partial charge in [-0.05, 0) is 15.9 Å². The van der Waals surface area contributed by atoms with Gasteiger partial charge in [0.05, 0.1) is 9.37 Å². The number of nitrogens with zero attached hydrogens (tertiary/aromatic N) is 1. The van der Waals surface area contributed by atoms with Gasteiger partial charge in [-0.2, -0.15) is 0 Å². The molecule has 0 aromatic carbocycles. The predicted octanol–water partition coefficient (Wildman–Crippen LogP) is 1.18. The second-order valence-electron chi connectivity index (χ2n) is 3.55. The molecule has 1 heterocycles. The number of anilines is 1. The van der Waals surface area contributed by atoms with E-state index < -0.39 is 19.7 Å². The highest BCUT2D eigenvalue weighted by Gasteiger charge is 2.12. The van der Waals surface area contributed by atoms with Gasteiger partial charge >= 0.3 is 0 Å². The molecule has 0 saturated heterocycles. The number of halogens is 1. The van der Waals surface area contributed by atoms with Gasteiger partial charge in [-0.1, -0.05) is 0 Å². The molecule has 18 heavy (non-hydrogen) atoms. The Morgan fingerprint density at radius 1 is 1.28 bits per heavy atom. The van der Waals surface area contributed by atoms with Crippen LogP contribution in [-0.4, -0.2) is 34.3 Å². The van der Waals surface area contributed by atoms with E-state index in [-0.39, 0.29) is 10.7 Å². The molecule has 0 fully saturated rings. The molecule has 1 aromatic rings. The van der Waals surface area contributed by atoms with E-state index in [0.717, 1.165) is 17.9 Å². The number of sulfone groups is 2. The van der Waals surface area contributed by atoms with Gasteiger partial charge in [-0.25, -0.2) is 21.8 Å². The van der Waals surface area contributed by atoms with E-state index in [2.05, 4.69) is 26.2 Å². The zero-order valence-electron chi connectivity index (χ0n) is 9.58. The van der Waals surface area contributed by atoms with Gasteiger partial charge in [0.2, 0.25) is 0 Å². The highest BCUT2D eigenvalue weighted by molar-refractivity contribution is 9.10. The van der Waals surface area contributed by atoms with Crippen molar-refractivity contribution >= 4 is 41.4 Å². The second-order valence-corrected chi connectivity index (χ2v) is 8.32. The van der Waals surface area contributed by atoms with Crippen LogP contribution in [0.25, 0.3) is 0 Å². The van der Waals surface area contributed by atoms with E-state index in [0.29, 0.717) is 4.47 Å². The maximum absolute atomic E-state index is 11.4. The van der Waals surface area contributed by atoms with Gasteiger partial charge in [0.15, 0.2) is 19.7 Å².